The number of benzene rings is 1. The molecule has 5 rings (SSSR count). The molecule has 0 bridgehead atoms. The first-order valence-corrected chi connectivity index (χ1v) is 13.9. The van der Waals surface area contributed by atoms with Gasteiger partial charge in [0.05, 0.1) is 11.8 Å². The number of nitrogens with zero attached hydrogens (tertiary/aromatic N) is 2. The van der Waals surface area contributed by atoms with Crippen LogP contribution < -0.4 is 10.2 Å². The van der Waals surface area contributed by atoms with E-state index in [1.165, 1.54) is 36.0 Å². The molecule has 0 amide bonds. The molecule has 2 aromatic rings. The van der Waals surface area contributed by atoms with Crippen LogP contribution >= 0.6 is 11.3 Å². The predicted octanol–water partition coefficient (Wildman–Crippen LogP) is 6.02. The third-order valence-corrected chi connectivity index (χ3v) is 9.43. The topological polar surface area (TPSA) is 48.4 Å². The van der Waals surface area contributed by atoms with Gasteiger partial charge in [0, 0.05) is 36.1 Å². The molecule has 2 heterocycles. The van der Waals surface area contributed by atoms with E-state index < -0.39 is 0 Å². The molecule has 1 aromatic heterocycles. The van der Waals surface area contributed by atoms with Gasteiger partial charge in [0.15, 0.2) is 5.13 Å². The Kier molecular flexibility index (Phi) is 6.34. The molecular weight excluding hydrogens is 426 g/mol. The lowest BCUT2D eigenvalue weighted by Crippen LogP contribution is -2.48. The molecule has 1 aromatic carbocycles. The van der Waals surface area contributed by atoms with Crippen molar-refractivity contribution in [3.8, 4) is 11.3 Å². The Labute approximate surface area is 203 Å². The average Bonchev–Trinajstić information content (AvgIpc) is 3.28. The van der Waals surface area contributed by atoms with Gasteiger partial charge in [-0.1, -0.05) is 39.8 Å². The molecule has 1 aliphatic heterocycles. The van der Waals surface area contributed by atoms with E-state index in [4.69, 9.17) is 4.98 Å². The van der Waals surface area contributed by atoms with E-state index in [1.807, 2.05) is 0 Å². The summed E-state index contributed by atoms with van der Waals surface area (Å²) in [4.78, 5) is 7.54. The minimum atomic E-state index is -0.106. The number of fused-ring (bicyclic) bond motifs is 1. The van der Waals surface area contributed by atoms with Gasteiger partial charge in [-0.25, -0.2) is 4.98 Å². The molecule has 2 N–H and O–H groups in total. The maximum atomic E-state index is 9.96. The molecule has 1 saturated heterocycles. The van der Waals surface area contributed by atoms with Gasteiger partial charge in [-0.3, -0.25) is 0 Å². The van der Waals surface area contributed by atoms with E-state index in [2.05, 4.69) is 61.5 Å². The summed E-state index contributed by atoms with van der Waals surface area (Å²) in [5.74, 6) is 0. The van der Waals surface area contributed by atoms with Crippen LogP contribution in [-0.2, 0) is 10.8 Å². The maximum absolute atomic E-state index is 9.96. The Balaban J connectivity index is 1.25. The number of aliphatic hydroxyl groups excluding tert-OH is 1. The zero-order valence-electron chi connectivity index (χ0n) is 20.9. The summed E-state index contributed by atoms with van der Waals surface area (Å²) >= 11 is 1.79. The van der Waals surface area contributed by atoms with Gasteiger partial charge in [-0.05, 0) is 79.4 Å². The van der Waals surface area contributed by atoms with Crippen LogP contribution in [0.15, 0.2) is 23.6 Å². The van der Waals surface area contributed by atoms with Gasteiger partial charge in [0.1, 0.15) is 0 Å². The Bertz CT molecular complexity index is 973. The second-order valence-electron chi connectivity index (χ2n) is 12.0. The molecule has 1 saturated carbocycles. The highest BCUT2D eigenvalue weighted by atomic mass is 32.1. The first-order valence-electron chi connectivity index (χ1n) is 13.0. The molecule has 2 fully saturated rings. The largest absolute Gasteiger partial charge is 0.393 e. The van der Waals surface area contributed by atoms with E-state index in [9.17, 15) is 5.11 Å². The Morgan fingerprint density at radius 2 is 1.70 bits per heavy atom. The van der Waals surface area contributed by atoms with Crippen molar-refractivity contribution in [3.05, 3.63) is 34.7 Å². The smallest absolute Gasteiger partial charge is 0.185 e. The van der Waals surface area contributed by atoms with Gasteiger partial charge >= 0.3 is 0 Å². The second kappa shape index (κ2) is 8.98. The zero-order chi connectivity index (χ0) is 23.2. The van der Waals surface area contributed by atoms with E-state index in [1.54, 1.807) is 11.3 Å². The molecule has 33 heavy (non-hydrogen) atoms. The summed E-state index contributed by atoms with van der Waals surface area (Å²) in [6.45, 7) is 11.7. The summed E-state index contributed by atoms with van der Waals surface area (Å²) in [7, 11) is 0. The number of piperidine rings is 1. The van der Waals surface area contributed by atoms with Crippen LogP contribution in [0.4, 0.5) is 5.13 Å². The van der Waals surface area contributed by atoms with Gasteiger partial charge in [0.25, 0.3) is 0 Å². The van der Waals surface area contributed by atoms with Crippen molar-refractivity contribution in [3.63, 3.8) is 0 Å². The number of hydrogen-bond donors (Lipinski definition) is 2. The molecule has 0 spiro atoms. The summed E-state index contributed by atoms with van der Waals surface area (Å²) in [5, 5.41) is 17.2. The van der Waals surface area contributed by atoms with E-state index in [0.717, 1.165) is 56.0 Å². The second-order valence-corrected chi connectivity index (χ2v) is 12.8. The lowest BCUT2D eigenvalue weighted by Gasteiger charge is -2.42. The minimum Gasteiger partial charge on any atom is -0.393 e. The Morgan fingerprint density at radius 1 is 0.970 bits per heavy atom. The molecule has 180 valence electrons. The van der Waals surface area contributed by atoms with E-state index in [-0.39, 0.29) is 16.9 Å². The van der Waals surface area contributed by atoms with Crippen molar-refractivity contribution in [1.29, 1.82) is 0 Å². The number of anilines is 1. The van der Waals surface area contributed by atoms with Crippen LogP contribution in [0.3, 0.4) is 0 Å². The molecule has 2 atom stereocenters. The van der Waals surface area contributed by atoms with Crippen LogP contribution in [0.2, 0.25) is 0 Å². The summed E-state index contributed by atoms with van der Waals surface area (Å²) in [6, 6.07) is 8.14. The standard InChI is InChI=1S/C28H41N3OS/c1-27(2)12-13-28(3,4)24-16-19(8-9-23(24)27)25-18-33-26(30-25)31-14-10-20(11-15-31)29-21-6-5-7-22(32)17-21/h8-9,16,18,20-22,29,32H,5-7,10-15,17H2,1-4H3/t21?,22-/m1/s1. The SMILES string of the molecule is CC1(C)CCC(C)(C)c2cc(-c3csc(N4CCC(NC5CCC[C@@H](O)C5)CC4)n3)ccc21. The zero-order valence-corrected chi connectivity index (χ0v) is 21.7. The molecule has 0 radical (unpaired) electrons. The fourth-order valence-electron chi connectivity index (χ4n) is 6.18. The third kappa shape index (κ3) is 4.87. The van der Waals surface area contributed by atoms with Crippen LogP contribution in [0.1, 0.15) is 90.2 Å². The summed E-state index contributed by atoms with van der Waals surface area (Å²) < 4.78 is 0. The van der Waals surface area contributed by atoms with E-state index >= 15 is 0 Å². The maximum Gasteiger partial charge on any atom is 0.185 e. The van der Waals surface area contributed by atoms with Crippen molar-refractivity contribution in [2.75, 3.05) is 18.0 Å². The highest BCUT2D eigenvalue weighted by Gasteiger charge is 2.37. The third-order valence-electron chi connectivity index (χ3n) is 8.52. The van der Waals surface area contributed by atoms with Crippen LogP contribution in [0.25, 0.3) is 11.3 Å². The fraction of sp³-hybridized carbons (Fsp3) is 0.679. The number of hydrogen-bond acceptors (Lipinski definition) is 5. The number of aliphatic hydroxyl groups is 1. The summed E-state index contributed by atoms with van der Waals surface area (Å²) in [5.41, 5.74) is 5.87. The molecule has 1 unspecified atom stereocenters. The van der Waals surface area contributed by atoms with Gasteiger partial charge in [0.2, 0.25) is 0 Å². The van der Waals surface area contributed by atoms with Crippen molar-refractivity contribution in [2.24, 2.45) is 0 Å². The van der Waals surface area contributed by atoms with Gasteiger partial charge in [-0.15, -0.1) is 11.3 Å². The number of thiazole rings is 1. The van der Waals surface area contributed by atoms with Crippen LogP contribution in [-0.4, -0.2) is 41.4 Å². The first-order chi connectivity index (χ1) is 15.7. The lowest BCUT2D eigenvalue weighted by atomic mass is 9.63. The predicted molar refractivity (Wildman–Crippen MR) is 139 cm³/mol. The van der Waals surface area contributed by atoms with Crippen molar-refractivity contribution in [2.45, 2.75) is 108 Å². The van der Waals surface area contributed by atoms with Gasteiger partial charge in [-0.2, -0.15) is 0 Å². The Hall–Kier alpha value is -1.43. The number of rotatable bonds is 4. The monoisotopic (exact) mass is 467 g/mol. The quantitative estimate of drug-likeness (QED) is 0.577. The van der Waals surface area contributed by atoms with E-state index in [0.29, 0.717) is 12.1 Å². The lowest BCUT2D eigenvalue weighted by molar-refractivity contribution is 0.107. The fourth-order valence-corrected chi connectivity index (χ4v) is 7.06. The first kappa shape index (κ1) is 23.3. The number of nitrogens with one attached hydrogen (secondary N) is 1. The highest BCUT2D eigenvalue weighted by Crippen LogP contribution is 2.47. The normalized spacial score (nSPS) is 27.4. The molecule has 4 nitrogen and oxygen atoms in total. The number of aromatic nitrogens is 1. The van der Waals surface area contributed by atoms with Crippen molar-refractivity contribution < 1.29 is 5.11 Å². The molecule has 2 aliphatic carbocycles. The van der Waals surface area contributed by atoms with Crippen molar-refractivity contribution in [1.82, 2.24) is 10.3 Å². The average molecular weight is 468 g/mol. The molecule has 3 aliphatic rings. The molecular formula is C28H41N3OS. The molecule has 5 heteroatoms. The minimum absolute atomic E-state index is 0.106. The highest BCUT2D eigenvalue weighted by molar-refractivity contribution is 7.14. The van der Waals surface area contributed by atoms with Gasteiger partial charge < -0.3 is 15.3 Å². The van der Waals surface area contributed by atoms with Crippen LogP contribution in [0, 0.1) is 0 Å². The Morgan fingerprint density at radius 3 is 2.42 bits per heavy atom. The van der Waals surface area contributed by atoms with Crippen LogP contribution in [0.5, 0.6) is 0 Å². The summed E-state index contributed by atoms with van der Waals surface area (Å²) in [6.07, 6.45) is 8.95. The van der Waals surface area contributed by atoms with Crippen molar-refractivity contribution >= 4 is 16.5 Å².